The summed E-state index contributed by atoms with van der Waals surface area (Å²) in [7, 11) is -3.95. The predicted molar refractivity (Wildman–Crippen MR) is 98.5 cm³/mol. The molecule has 0 saturated heterocycles. The lowest BCUT2D eigenvalue weighted by atomic mass is 10.1. The lowest BCUT2D eigenvalue weighted by Gasteiger charge is -2.15. The quantitative estimate of drug-likeness (QED) is 0.547. The first kappa shape index (κ1) is 19.9. The normalized spacial score (nSPS) is 13.3. The van der Waals surface area contributed by atoms with Gasteiger partial charge in [0.25, 0.3) is 0 Å². The van der Waals surface area contributed by atoms with Gasteiger partial charge in [0.2, 0.25) is 10.0 Å². The first-order chi connectivity index (χ1) is 12.2. The van der Waals surface area contributed by atoms with Crippen molar-refractivity contribution in [2.75, 3.05) is 5.43 Å². The number of nitrogens with one attached hydrogen (secondary N) is 2. The van der Waals surface area contributed by atoms with E-state index in [1.807, 2.05) is 10.8 Å². The molecule has 0 saturated carbocycles. The Morgan fingerprint density at radius 2 is 1.77 bits per heavy atom. The van der Waals surface area contributed by atoms with Crippen LogP contribution in [0.2, 0.25) is 5.02 Å². The van der Waals surface area contributed by atoms with Crippen LogP contribution in [0.1, 0.15) is 19.4 Å². The minimum atomic E-state index is -3.95. The van der Waals surface area contributed by atoms with Gasteiger partial charge in [0.15, 0.2) is 0 Å². The second-order valence-corrected chi connectivity index (χ2v) is 7.60. The number of carboxylic acids is 1. The topological polar surface area (TPSA) is 111 Å². The van der Waals surface area contributed by atoms with Crippen LogP contribution in [0.4, 0.5) is 5.69 Å². The second kappa shape index (κ2) is 8.31. The number of carboxylic acid groups (broad SMARTS) is 1. The molecule has 0 aliphatic rings. The van der Waals surface area contributed by atoms with Crippen molar-refractivity contribution in [1.82, 2.24) is 4.72 Å². The minimum absolute atomic E-state index is 0.0544. The maximum Gasteiger partial charge on any atom is 0.241 e. The van der Waals surface area contributed by atoms with Gasteiger partial charge in [-0.1, -0.05) is 35.9 Å². The number of hydrogen-bond acceptors (Lipinski definition) is 6. The van der Waals surface area contributed by atoms with E-state index in [4.69, 9.17) is 11.6 Å². The largest absolute Gasteiger partial charge is 0.548 e. The Hall–Kier alpha value is -2.42. The number of sulfonamides is 1. The summed E-state index contributed by atoms with van der Waals surface area (Å²) in [6.07, 6.45) is 0. The highest BCUT2D eigenvalue weighted by molar-refractivity contribution is 7.89. The van der Waals surface area contributed by atoms with E-state index in [0.29, 0.717) is 22.0 Å². The summed E-state index contributed by atoms with van der Waals surface area (Å²) in [4.78, 5) is 10.6. The molecule has 0 aliphatic heterocycles. The number of halogens is 1. The summed E-state index contributed by atoms with van der Waals surface area (Å²) in [5.41, 5.74) is 4.80. The summed E-state index contributed by atoms with van der Waals surface area (Å²) in [5, 5.41) is 15.4. The van der Waals surface area contributed by atoms with Gasteiger partial charge in [0, 0.05) is 0 Å². The Morgan fingerprint density at radius 3 is 2.35 bits per heavy atom. The minimum Gasteiger partial charge on any atom is -0.548 e. The molecule has 0 amide bonds. The molecule has 0 bridgehead atoms. The van der Waals surface area contributed by atoms with Gasteiger partial charge in [-0.15, -0.1) is 0 Å². The van der Waals surface area contributed by atoms with Crippen molar-refractivity contribution in [3.05, 3.63) is 59.1 Å². The number of hydrazone groups is 1. The number of rotatable bonds is 7. The van der Waals surface area contributed by atoms with Crippen LogP contribution in [0.5, 0.6) is 0 Å². The Bertz CT molecular complexity index is 927. The van der Waals surface area contributed by atoms with Gasteiger partial charge >= 0.3 is 0 Å². The standard InChI is InChI=1S/C17H18ClN3O4S/c1-11(19-20-16-6-4-3-5-15(16)18)13-7-9-14(10-8-13)26(24,25)21-12(2)17(22)23/h3-10,12,20-21H,1-2H3,(H,22,23)/p-1/b19-11-/t12-/m0/s1. The second-order valence-electron chi connectivity index (χ2n) is 5.48. The third-order valence-corrected chi connectivity index (χ3v) is 5.37. The van der Waals surface area contributed by atoms with Crippen LogP contribution < -0.4 is 15.3 Å². The van der Waals surface area contributed by atoms with Gasteiger partial charge < -0.3 is 9.90 Å². The fraction of sp³-hybridized carbons (Fsp3) is 0.176. The van der Waals surface area contributed by atoms with Crippen molar-refractivity contribution in [3.63, 3.8) is 0 Å². The Labute approximate surface area is 156 Å². The molecule has 0 unspecified atom stereocenters. The lowest BCUT2D eigenvalue weighted by molar-refractivity contribution is -0.307. The molecular weight excluding hydrogens is 378 g/mol. The van der Waals surface area contributed by atoms with Crippen LogP contribution in [0.15, 0.2) is 58.5 Å². The van der Waals surface area contributed by atoms with Crippen molar-refractivity contribution in [2.45, 2.75) is 24.8 Å². The Kier molecular flexibility index (Phi) is 6.36. The molecule has 2 aromatic rings. The highest BCUT2D eigenvalue weighted by atomic mass is 35.5. The monoisotopic (exact) mass is 394 g/mol. The maximum absolute atomic E-state index is 12.1. The van der Waals surface area contributed by atoms with E-state index in [0.717, 1.165) is 0 Å². The van der Waals surface area contributed by atoms with Crippen molar-refractivity contribution in [2.24, 2.45) is 5.10 Å². The smallest absolute Gasteiger partial charge is 0.241 e. The van der Waals surface area contributed by atoms with E-state index < -0.39 is 22.0 Å². The number of benzene rings is 2. The molecule has 0 aromatic heterocycles. The molecule has 1 atom stereocenters. The van der Waals surface area contributed by atoms with Crippen molar-refractivity contribution in [3.8, 4) is 0 Å². The summed E-state index contributed by atoms with van der Waals surface area (Å²) < 4.78 is 26.3. The van der Waals surface area contributed by atoms with Gasteiger partial charge in [-0.25, -0.2) is 13.1 Å². The average molecular weight is 395 g/mol. The van der Waals surface area contributed by atoms with E-state index in [-0.39, 0.29) is 4.90 Å². The Morgan fingerprint density at radius 1 is 1.15 bits per heavy atom. The van der Waals surface area contributed by atoms with Crippen molar-refractivity contribution < 1.29 is 18.3 Å². The number of hydrogen-bond donors (Lipinski definition) is 2. The van der Waals surface area contributed by atoms with Gasteiger partial charge in [-0.05, 0) is 43.7 Å². The molecular formula is C17H17ClN3O4S-. The number of carbonyl (C=O) groups is 1. The molecule has 2 rings (SSSR count). The van der Waals surface area contributed by atoms with Crippen molar-refractivity contribution >= 4 is 39.0 Å². The molecule has 0 radical (unpaired) electrons. The fourth-order valence-electron chi connectivity index (χ4n) is 1.98. The van der Waals surface area contributed by atoms with E-state index in [1.165, 1.54) is 19.1 Å². The molecule has 7 nitrogen and oxygen atoms in total. The summed E-state index contributed by atoms with van der Waals surface area (Å²) in [5.74, 6) is -1.50. The fourth-order valence-corrected chi connectivity index (χ4v) is 3.35. The first-order valence-corrected chi connectivity index (χ1v) is 9.45. The molecule has 138 valence electrons. The summed E-state index contributed by atoms with van der Waals surface area (Å²) in [6, 6.07) is 11.7. The van der Waals surface area contributed by atoms with Crippen LogP contribution in [-0.4, -0.2) is 26.1 Å². The van der Waals surface area contributed by atoms with E-state index in [9.17, 15) is 18.3 Å². The highest BCUT2D eigenvalue weighted by Crippen LogP contribution is 2.20. The van der Waals surface area contributed by atoms with Crippen molar-refractivity contribution in [1.29, 1.82) is 0 Å². The average Bonchev–Trinajstić information content (AvgIpc) is 2.60. The molecule has 0 aliphatic carbocycles. The van der Waals surface area contributed by atoms with Crippen LogP contribution in [0.25, 0.3) is 0 Å². The van der Waals surface area contributed by atoms with Crippen LogP contribution in [0, 0.1) is 0 Å². The SMILES string of the molecule is C/C(=N/Nc1ccccc1Cl)c1ccc(S(=O)(=O)N[C@@H](C)C(=O)[O-])cc1. The molecule has 26 heavy (non-hydrogen) atoms. The summed E-state index contributed by atoms with van der Waals surface area (Å²) >= 11 is 6.04. The van der Waals surface area contributed by atoms with Crippen LogP contribution >= 0.6 is 11.6 Å². The molecule has 0 spiro atoms. The van der Waals surface area contributed by atoms with Gasteiger partial charge in [-0.2, -0.15) is 5.10 Å². The molecule has 0 heterocycles. The van der Waals surface area contributed by atoms with E-state index in [2.05, 4.69) is 10.5 Å². The Balaban J connectivity index is 2.14. The molecule has 9 heteroatoms. The summed E-state index contributed by atoms with van der Waals surface area (Å²) in [6.45, 7) is 2.95. The number of anilines is 1. The zero-order valence-electron chi connectivity index (χ0n) is 14.1. The van der Waals surface area contributed by atoms with Crippen LogP contribution in [0.3, 0.4) is 0 Å². The van der Waals surface area contributed by atoms with Crippen LogP contribution in [-0.2, 0) is 14.8 Å². The zero-order valence-corrected chi connectivity index (χ0v) is 15.6. The number of carbonyl (C=O) groups excluding carboxylic acids is 1. The third-order valence-electron chi connectivity index (χ3n) is 3.49. The number of nitrogens with zero attached hydrogens (tertiary/aromatic N) is 1. The van der Waals surface area contributed by atoms with Gasteiger partial charge in [-0.3, -0.25) is 5.43 Å². The number of aliphatic carboxylic acids is 1. The molecule has 0 fully saturated rings. The maximum atomic E-state index is 12.1. The van der Waals surface area contributed by atoms with Gasteiger partial charge in [0.1, 0.15) is 0 Å². The molecule has 2 aromatic carbocycles. The third kappa shape index (κ3) is 5.04. The highest BCUT2D eigenvalue weighted by Gasteiger charge is 2.17. The first-order valence-electron chi connectivity index (χ1n) is 7.59. The van der Waals surface area contributed by atoms with E-state index in [1.54, 1.807) is 37.3 Å². The predicted octanol–water partition coefficient (Wildman–Crippen LogP) is 1.59. The molecule has 2 N–H and O–H groups in total. The lowest BCUT2D eigenvalue weighted by Crippen LogP contribution is -2.45. The zero-order chi connectivity index (χ0) is 19.3. The van der Waals surface area contributed by atoms with E-state index >= 15 is 0 Å². The number of para-hydroxylation sites is 1. The van der Waals surface area contributed by atoms with Gasteiger partial charge in [0.05, 0.1) is 33.3 Å².